The number of hydrogen-bond donors (Lipinski definition) is 2. The summed E-state index contributed by atoms with van der Waals surface area (Å²) in [6.07, 6.45) is 3.18. The number of aliphatic hydroxyl groups is 1. The molecule has 0 saturated carbocycles. The third kappa shape index (κ3) is 3.89. The number of aromatic nitrogens is 1. The minimum Gasteiger partial charge on any atom is -0.386 e. The molecular weight excluding hydrogens is 264 g/mol. The van der Waals surface area contributed by atoms with Gasteiger partial charge in [-0.3, -0.25) is 9.78 Å². The number of nitrogens with zero attached hydrogens (tertiary/aromatic N) is 1. The Kier molecular flexibility index (Phi) is 4.38. The van der Waals surface area contributed by atoms with Crippen molar-refractivity contribution in [3.8, 4) is 0 Å². The van der Waals surface area contributed by atoms with Crippen LogP contribution in [0.5, 0.6) is 0 Å². The van der Waals surface area contributed by atoms with Gasteiger partial charge in [0.15, 0.2) is 0 Å². The molecule has 4 nitrogen and oxygen atoms in total. The molecule has 1 atom stereocenters. The van der Waals surface area contributed by atoms with Crippen molar-refractivity contribution in [1.29, 1.82) is 0 Å². The van der Waals surface area contributed by atoms with Crippen LogP contribution in [-0.2, 0) is 5.60 Å². The highest BCUT2D eigenvalue weighted by molar-refractivity contribution is 5.94. The van der Waals surface area contributed by atoms with Gasteiger partial charge in [-0.05, 0) is 44.0 Å². The lowest BCUT2D eigenvalue weighted by atomic mass is 9.96. The molecule has 0 bridgehead atoms. The molecule has 2 N–H and O–H groups in total. The molecule has 0 spiro atoms. The summed E-state index contributed by atoms with van der Waals surface area (Å²) in [5.74, 6) is -0.151. The van der Waals surface area contributed by atoms with Crippen LogP contribution in [0, 0.1) is 0 Å². The molecule has 0 aliphatic rings. The predicted molar refractivity (Wildman–Crippen MR) is 81.8 cm³/mol. The van der Waals surface area contributed by atoms with E-state index in [2.05, 4.69) is 10.3 Å². The minimum atomic E-state index is -0.860. The lowest BCUT2D eigenvalue weighted by Gasteiger charge is -2.19. The molecule has 1 amide bonds. The van der Waals surface area contributed by atoms with Crippen LogP contribution in [0.1, 0.15) is 48.3 Å². The van der Waals surface area contributed by atoms with E-state index in [1.54, 1.807) is 38.4 Å². The monoisotopic (exact) mass is 284 g/mol. The SMILES string of the molecule is CC(NC(=O)c1cccnc1)c1ccc(C(C)(C)O)cc1. The number of rotatable bonds is 4. The Bertz CT molecular complexity index is 601. The van der Waals surface area contributed by atoms with Crippen LogP contribution in [-0.4, -0.2) is 16.0 Å². The van der Waals surface area contributed by atoms with Crippen molar-refractivity contribution in [2.24, 2.45) is 0 Å². The van der Waals surface area contributed by atoms with Gasteiger partial charge in [-0.2, -0.15) is 0 Å². The van der Waals surface area contributed by atoms with Crippen LogP contribution in [0.3, 0.4) is 0 Å². The van der Waals surface area contributed by atoms with Crippen molar-refractivity contribution in [1.82, 2.24) is 10.3 Å². The Hall–Kier alpha value is -2.20. The van der Waals surface area contributed by atoms with Crippen LogP contribution in [0.4, 0.5) is 0 Å². The molecule has 1 aromatic heterocycles. The quantitative estimate of drug-likeness (QED) is 0.907. The maximum absolute atomic E-state index is 12.1. The van der Waals surface area contributed by atoms with Gasteiger partial charge in [-0.1, -0.05) is 24.3 Å². The van der Waals surface area contributed by atoms with Crippen LogP contribution in [0.25, 0.3) is 0 Å². The predicted octanol–water partition coefficient (Wildman–Crippen LogP) is 2.80. The van der Waals surface area contributed by atoms with E-state index in [-0.39, 0.29) is 11.9 Å². The highest BCUT2D eigenvalue weighted by Crippen LogP contribution is 2.22. The molecule has 1 heterocycles. The lowest BCUT2D eigenvalue weighted by Crippen LogP contribution is -2.26. The number of pyridine rings is 1. The number of nitrogens with one attached hydrogen (secondary N) is 1. The normalized spacial score (nSPS) is 12.8. The minimum absolute atomic E-state index is 0.117. The van der Waals surface area contributed by atoms with Gasteiger partial charge in [0, 0.05) is 12.4 Å². The van der Waals surface area contributed by atoms with Gasteiger partial charge in [0.1, 0.15) is 0 Å². The van der Waals surface area contributed by atoms with Crippen molar-refractivity contribution in [2.75, 3.05) is 0 Å². The summed E-state index contributed by atoms with van der Waals surface area (Å²) in [4.78, 5) is 16.0. The van der Waals surface area contributed by atoms with Crippen molar-refractivity contribution in [2.45, 2.75) is 32.4 Å². The number of carbonyl (C=O) groups excluding carboxylic acids is 1. The van der Waals surface area contributed by atoms with Gasteiger partial charge in [0.2, 0.25) is 0 Å². The fourth-order valence-corrected chi connectivity index (χ4v) is 2.04. The highest BCUT2D eigenvalue weighted by atomic mass is 16.3. The molecule has 2 rings (SSSR count). The summed E-state index contributed by atoms with van der Waals surface area (Å²) in [7, 11) is 0. The first-order chi connectivity index (χ1) is 9.88. The van der Waals surface area contributed by atoms with Gasteiger partial charge >= 0.3 is 0 Å². The Morgan fingerprint density at radius 2 is 1.90 bits per heavy atom. The molecule has 4 heteroatoms. The van der Waals surface area contributed by atoms with Crippen molar-refractivity contribution in [3.63, 3.8) is 0 Å². The molecule has 0 radical (unpaired) electrons. The number of benzene rings is 1. The van der Waals surface area contributed by atoms with Gasteiger partial charge < -0.3 is 10.4 Å². The summed E-state index contributed by atoms with van der Waals surface area (Å²) in [6.45, 7) is 5.42. The molecule has 0 aliphatic carbocycles. The second-order valence-electron chi connectivity index (χ2n) is 5.62. The van der Waals surface area contributed by atoms with Crippen molar-refractivity contribution in [3.05, 3.63) is 65.5 Å². The van der Waals surface area contributed by atoms with Crippen LogP contribution in [0.15, 0.2) is 48.8 Å². The van der Waals surface area contributed by atoms with Crippen molar-refractivity contribution >= 4 is 5.91 Å². The first kappa shape index (κ1) is 15.2. The summed E-state index contributed by atoms with van der Waals surface area (Å²) < 4.78 is 0. The first-order valence-corrected chi connectivity index (χ1v) is 6.91. The highest BCUT2D eigenvalue weighted by Gasteiger charge is 2.16. The molecule has 0 fully saturated rings. The van der Waals surface area contributed by atoms with E-state index in [1.807, 2.05) is 31.2 Å². The van der Waals surface area contributed by atoms with Gasteiger partial charge in [0.25, 0.3) is 5.91 Å². The average molecular weight is 284 g/mol. The molecule has 21 heavy (non-hydrogen) atoms. The van der Waals surface area contributed by atoms with Crippen LogP contribution >= 0.6 is 0 Å². The molecule has 110 valence electrons. The van der Waals surface area contributed by atoms with Gasteiger partial charge in [0.05, 0.1) is 17.2 Å². The fourth-order valence-electron chi connectivity index (χ4n) is 2.04. The molecular formula is C17H20N2O2. The van der Waals surface area contributed by atoms with Gasteiger partial charge in [-0.15, -0.1) is 0 Å². The molecule has 1 aromatic carbocycles. The van der Waals surface area contributed by atoms with E-state index >= 15 is 0 Å². The smallest absolute Gasteiger partial charge is 0.253 e. The number of hydrogen-bond acceptors (Lipinski definition) is 3. The zero-order valence-electron chi connectivity index (χ0n) is 12.5. The lowest BCUT2D eigenvalue weighted by molar-refractivity contribution is 0.0785. The number of carbonyl (C=O) groups is 1. The number of amides is 1. The summed E-state index contributed by atoms with van der Waals surface area (Å²) in [5.41, 5.74) is 1.51. The summed E-state index contributed by atoms with van der Waals surface area (Å²) in [5, 5.41) is 12.9. The third-order valence-electron chi connectivity index (χ3n) is 3.39. The Morgan fingerprint density at radius 1 is 1.24 bits per heavy atom. The van der Waals surface area contributed by atoms with E-state index in [4.69, 9.17) is 0 Å². The second-order valence-corrected chi connectivity index (χ2v) is 5.62. The summed E-state index contributed by atoms with van der Waals surface area (Å²) in [6, 6.07) is 10.9. The van der Waals surface area contributed by atoms with E-state index in [0.717, 1.165) is 11.1 Å². The molecule has 2 aromatic rings. The topological polar surface area (TPSA) is 62.2 Å². The third-order valence-corrected chi connectivity index (χ3v) is 3.39. The average Bonchev–Trinajstić information content (AvgIpc) is 2.47. The largest absolute Gasteiger partial charge is 0.386 e. The molecule has 1 unspecified atom stereocenters. The van der Waals surface area contributed by atoms with Crippen LogP contribution < -0.4 is 5.32 Å². The molecule has 0 saturated heterocycles. The summed E-state index contributed by atoms with van der Waals surface area (Å²) >= 11 is 0. The fraction of sp³-hybridized carbons (Fsp3) is 0.294. The first-order valence-electron chi connectivity index (χ1n) is 6.91. The zero-order valence-corrected chi connectivity index (χ0v) is 12.5. The maximum Gasteiger partial charge on any atom is 0.253 e. The molecule has 0 aliphatic heterocycles. The van der Waals surface area contributed by atoms with Gasteiger partial charge in [-0.25, -0.2) is 0 Å². The van der Waals surface area contributed by atoms with E-state index in [9.17, 15) is 9.90 Å². The van der Waals surface area contributed by atoms with Crippen molar-refractivity contribution < 1.29 is 9.90 Å². The van der Waals surface area contributed by atoms with E-state index in [1.165, 1.54) is 0 Å². The van der Waals surface area contributed by atoms with Crippen LogP contribution in [0.2, 0.25) is 0 Å². The Morgan fingerprint density at radius 3 is 2.43 bits per heavy atom. The van der Waals surface area contributed by atoms with E-state index < -0.39 is 5.60 Å². The zero-order chi connectivity index (χ0) is 15.5. The standard InChI is InChI=1S/C17H20N2O2/c1-12(19-16(20)14-5-4-10-18-11-14)13-6-8-15(9-7-13)17(2,3)21/h4-12,21H,1-3H3,(H,19,20). The Balaban J connectivity index is 2.07. The van der Waals surface area contributed by atoms with E-state index in [0.29, 0.717) is 5.56 Å². The maximum atomic E-state index is 12.1. The Labute approximate surface area is 124 Å². The second kappa shape index (κ2) is 6.06.